The third kappa shape index (κ3) is 3.07. The second-order valence-corrected chi connectivity index (χ2v) is 6.78. The van der Waals surface area contributed by atoms with E-state index in [0.29, 0.717) is 0 Å². The van der Waals surface area contributed by atoms with Crippen molar-refractivity contribution in [3.63, 3.8) is 0 Å². The summed E-state index contributed by atoms with van der Waals surface area (Å²) in [5.41, 5.74) is 2.16. The Morgan fingerprint density at radius 3 is 2.73 bits per heavy atom. The van der Waals surface area contributed by atoms with Gasteiger partial charge in [0.15, 0.2) is 0 Å². The molecular weight excluding hydrogens is 273 g/mol. The molecule has 115 valence electrons. The van der Waals surface area contributed by atoms with Gasteiger partial charge in [-0.05, 0) is 50.8 Å². The molecule has 0 aromatic heterocycles. The lowest BCUT2D eigenvalue weighted by atomic mass is 9.83. The van der Waals surface area contributed by atoms with Crippen molar-refractivity contribution in [2.24, 2.45) is 0 Å². The zero-order valence-corrected chi connectivity index (χ0v) is 13.3. The molecule has 1 aliphatic heterocycles. The van der Waals surface area contributed by atoms with Crippen LogP contribution in [0.25, 0.3) is 0 Å². The molecule has 3 rings (SSSR count). The van der Waals surface area contributed by atoms with Crippen LogP contribution in [0.2, 0.25) is 0 Å². The van der Waals surface area contributed by atoms with E-state index in [0.717, 1.165) is 31.4 Å². The Hall–Kier alpha value is -1.67. The number of hydrogen-bond donors (Lipinski definition) is 0. The van der Waals surface area contributed by atoms with Gasteiger partial charge in [-0.2, -0.15) is 0 Å². The third-order valence-corrected chi connectivity index (χ3v) is 4.82. The predicted molar refractivity (Wildman–Crippen MR) is 87.9 cm³/mol. The average Bonchev–Trinajstić information content (AvgIpc) is 2.51. The van der Waals surface area contributed by atoms with Gasteiger partial charge >= 0.3 is 0 Å². The topological polar surface area (TPSA) is 3.24 Å². The molecule has 1 heterocycles. The van der Waals surface area contributed by atoms with Gasteiger partial charge < -0.3 is 0 Å². The molecular formula is C20H23FN. The molecule has 1 radical (unpaired) electrons. The molecule has 0 aliphatic carbocycles. The van der Waals surface area contributed by atoms with Gasteiger partial charge in [0.25, 0.3) is 0 Å². The van der Waals surface area contributed by atoms with E-state index in [2.05, 4.69) is 49.1 Å². The maximum atomic E-state index is 14.3. The van der Waals surface area contributed by atoms with Crippen LogP contribution < -0.4 is 0 Å². The van der Waals surface area contributed by atoms with Gasteiger partial charge in [-0.1, -0.05) is 42.5 Å². The van der Waals surface area contributed by atoms with Crippen molar-refractivity contribution in [3.05, 3.63) is 71.5 Å². The number of benzene rings is 2. The highest BCUT2D eigenvalue weighted by atomic mass is 19.1. The van der Waals surface area contributed by atoms with Crippen molar-refractivity contribution < 1.29 is 4.39 Å². The van der Waals surface area contributed by atoms with Crippen LogP contribution in [0.5, 0.6) is 0 Å². The summed E-state index contributed by atoms with van der Waals surface area (Å²) in [6.45, 7) is 5.40. The Balaban J connectivity index is 1.94. The summed E-state index contributed by atoms with van der Waals surface area (Å²) in [7, 11) is 0. The number of nitrogens with zero attached hydrogens (tertiary/aromatic N) is 1. The van der Waals surface area contributed by atoms with E-state index in [4.69, 9.17) is 0 Å². The van der Waals surface area contributed by atoms with Crippen LogP contribution >= 0.6 is 0 Å². The lowest BCUT2D eigenvalue weighted by Crippen LogP contribution is -2.48. The van der Waals surface area contributed by atoms with Gasteiger partial charge in [0.05, 0.1) is 0 Å². The van der Waals surface area contributed by atoms with Gasteiger partial charge in [0.1, 0.15) is 5.82 Å². The molecule has 2 aromatic carbocycles. The summed E-state index contributed by atoms with van der Waals surface area (Å²) in [5, 5.41) is 0. The van der Waals surface area contributed by atoms with Gasteiger partial charge in [-0.15, -0.1) is 0 Å². The average molecular weight is 296 g/mol. The normalized spacial score (nSPS) is 21.7. The van der Waals surface area contributed by atoms with Crippen LogP contribution in [0.1, 0.15) is 50.3 Å². The zero-order chi connectivity index (χ0) is 15.6. The molecule has 22 heavy (non-hydrogen) atoms. The summed E-state index contributed by atoms with van der Waals surface area (Å²) >= 11 is 0. The van der Waals surface area contributed by atoms with Crippen LogP contribution in [0, 0.1) is 11.9 Å². The lowest BCUT2D eigenvalue weighted by molar-refractivity contribution is 0.0130. The molecule has 2 aromatic rings. The number of hydrogen-bond acceptors (Lipinski definition) is 1. The Morgan fingerprint density at radius 1 is 1.23 bits per heavy atom. The minimum Gasteiger partial charge on any atom is -0.287 e. The minimum atomic E-state index is -0.136. The second kappa shape index (κ2) is 6.21. The van der Waals surface area contributed by atoms with Crippen molar-refractivity contribution in [1.82, 2.24) is 4.90 Å². The summed E-state index contributed by atoms with van der Waals surface area (Å²) in [6, 6.07) is 18.6. The van der Waals surface area contributed by atoms with Crippen molar-refractivity contribution in [2.45, 2.75) is 51.2 Å². The summed E-state index contributed by atoms with van der Waals surface area (Å²) in [4.78, 5) is 2.46. The fraction of sp³-hybridized carbons (Fsp3) is 0.400. The molecule has 1 nitrogen and oxygen atoms in total. The second-order valence-electron chi connectivity index (χ2n) is 6.78. The van der Waals surface area contributed by atoms with E-state index >= 15 is 0 Å². The van der Waals surface area contributed by atoms with Crippen LogP contribution in [-0.4, -0.2) is 10.4 Å². The predicted octanol–water partition coefficient (Wildman–Crippen LogP) is 5.13. The first kappa shape index (κ1) is 15.2. The molecule has 1 saturated heterocycles. The molecule has 0 spiro atoms. The van der Waals surface area contributed by atoms with Gasteiger partial charge in [0, 0.05) is 23.7 Å². The summed E-state index contributed by atoms with van der Waals surface area (Å²) in [5.74, 6) is -0.136. The first-order chi connectivity index (χ1) is 10.6. The highest BCUT2D eigenvalue weighted by molar-refractivity contribution is 5.23. The minimum absolute atomic E-state index is 0.0742. The smallest absolute Gasteiger partial charge is 0.128 e. The summed E-state index contributed by atoms with van der Waals surface area (Å²) < 4.78 is 14.3. The van der Waals surface area contributed by atoms with Crippen molar-refractivity contribution in [2.75, 3.05) is 0 Å². The van der Waals surface area contributed by atoms with Crippen LogP contribution in [0.4, 0.5) is 4.39 Å². The standard InChI is InChI=1S/C20H23FN/c1-20(2)14-8-13-19(17-11-6-7-12-18(17)21)22(20)15-16-9-4-3-5-10-16/h3-6,9-12,19H,8,13-15H2,1-2H3/t19-/m1/s1. The molecule has 0 N–H and O–H groups in total. The maximum absolute atomic E-state index is 14.3. The first-order valence-electron chi connectivity index (χ1n) is 8.04. The zero-order valence-electron chi connectivity index (χ0n) is 13.3. The maximum Gasteiger partial charge on any atom is 0.128 e. The Bertz CT molecular complexity index is 621. The molecule has 1 fully saturated rings. The SMILES string of the molecule is CC1(C)CCC[C@H](c2cc[c]cc2F)N1Cc1ccccc1. The van der Waals surface area contributed by atoms with E-state index in [9.17, 15) is 4.39 Å². The van der Waals surface area contributed by atoms with E-state index in [1.54, 1.807) is 0 Å². The van der Waals surface area contributed by atoms with Gasteiger partial charge in [0.2, 0.25) is 0 Å². The van der Waals surface area contributed by atoms with Crippen LogP contribution in [-0.2, 0) is 6.54 Å². The molecule has 0 amide bonds. The van der Waals surface area contributed by atoms with E-state index in [-0.39, 0.29) is 17.4 Å². The first-order valence-corrected chi connectivity index (χ1v) is 8.04. The van der Waals surface area contributed by atoms with E-state index < -0.39 is 0 Å². The van der Waals surface area contributed by atoms with Gasteiger partial charge in [-0.25, -0.2) is 4.39 Å². The highest BCUT2D eigenvalue weighted by Crippen LogP contribution is 2.41. The number of rotatable bonds is 3. The molecule has 2 heteroatoms. The molecule has 0 unspecified atom stereocenters. The lowest BCUT2D eigenvalue weighted by Gasteiger charge is -2.48. The van der Waals surface area contributed by atoms with Crippen LogP contribution in [0.15, 0.2) is 48.5 Å². The highest BCUT2D eigenvalue weighted by Gasteiger charge is 2.37. The quantitative estimate of drug-likeness (QED) is 0.758. The Morgan fingerprint density at radius 2 is 2.00 bits per heavy atom. The molecule has 0 saturated carbocycles. The Kier molecular flexibility index (Phi) is 4.30. The van der Waals surface area contributed by atoms with Crippen molar-refractivity contribution >= 4 is 0 Å². The number of piperidine rings is 1. The summed E-state index contributed by atoms with van der Waals surface area (Å²) in [6.07, 6.45) is 3.30. The fourth-order valence-electron chi connectivity index (χ4n) is 3.57. The number of halogens is 1. The molecule has 0 bridgehead atoms. The molecule has 1 aliphatic rings. The van der Waals surface area contributed by atoms with Gasteiger partial charge in [-0.3, -0.25) is 4.90 Å². The molecule has 1 atom stereocenters. The number of likely N-dealkylation sites (tertiary alicyclic amines) is 1. The fourth-order valence-corrected chi connectivity index (χ4v) is 3.57. The van der Waals surface area contributed by atoms with E-state index in [1.165, 1.54) is 11.6 Å². The largest absolute Gasteiger partial charge is 0.287 e. The van der Waals surface area contributed by atoms with Crippen molar-refractivity contribution in [1.29, 1.82) is 0 Å². The monoisotopic (exact) mass is 296 g/mol. The Labute approximate surface area is 132 Å². The van der Waals surface area contributed by atoms with Crippen molar-refractivity contribution in [3.8, 4) is 0 Å². The van der Waals surface area contributed by atoms with Crippen LogP contribution in [0.3, 0.4) is 0 Å². The van der Waals surface area contributed by atoms with E-state index in [1.807, 2.05) is 18.2 Å². The third-order valence-electron chi connectivity index (χ3n) is 4.82.